The molecule has 2 heterocycles. The minimum atomic E-state index is 0.139. The Labute approximate surface area is 135 Å². The average molecular weight is 305 g/mol. The number of amides is 1. The molecule has 1 fully saturated rings. The van der Waals surface area contributed by atoms with Gasteiger partial charge in [0, 0.05) is 31.6 Å². The van der Waals surface area contributed by atoms with Crippen LogP contribution in [0.15, 0.2) is 48.5 Å². The highest BCUT2D eigenvalue weighted by atomic mass is 16.2. The van der Waals surface area contributed by atoms with Gasteiger partial charge >= 0.3 is 0 Å². The standard InChI is InChI=1S/C19H19N3O/c1-13-6-5-7-15(10-13)22-12-14(11-18(22)23)19-20-16-8-3-4-9-17(16)21(19)2/h3-10,14H,11-12H2,1-2H3. The highest BCUT2D eigenvalue weighted by Gasteiger charge is 2.34. The van der Waals surface area contributed by atoms with E-state index in [-0.39, 0.29) is 11.8 Å². The van der Waals surface area contributed by atoms with Gasteiger partial charge in [-0.1, -0.05) is 24.3 Å². The van der Waals surface area contributed by atoms with Crippen molar-refractivity contribution in [3.63, 3.8) is 0 Å². The summed E-state index contributed by atoms with van der Waals surface area (Å²) < 4.78 is 2.12. The molecule has 1 aliphatic heterocycles. The van der Waals surface area contributed by atoms with Crippen LogP contribution in [-0.4, -0.2) is 22.0 Å². The van der Waals surface area contributed by atoms with Crippen molar-refractivity contribution in [2.75, 3.05) is 11.4 Å². The van der Waals surface area contributed by atoms with Crippen molar-refractivity contribution >= 4 is 22.6 Å². The van der Waals surface area contributed by atoms with Gasteiger partial charge in [0.1, 0.15) is 5.82 Å². The molecule has 1 unspecified atom stereocenters. The second-order valence-electron chi connectivity index (χ2n) is 6.26. The second kappa shape index (κ2) is 5.23. The van der Waals surface area contributed by atoms with E-state index in [0.717, 1.165) is 22.5 Å². The molecule has 0 aliphatic carbocycles. The summed E-state index contributed by atoms with van der Waals surface area (Å²) >= 11 is 0. The van der Waals surface area contributed by atoms with E-state index in [0.29, 0.717) is 13.0 Å². The van der Waals surface area contributed by atoms with Gasteiger partial charge in [-0.2, -0.15) is 0 Å². The SMILES string of the molecule is Cc1cccc(N2CC(c3nc4ccccc4n3C)CC2=O)c1. The first-order valence-electron chi connectivity index (χ1n) is 7.92. The number of nitrogens with zero attached hydrogens (tertiary/aromatic N) is 3. The lowest BCUT2D eigenvalue weighted by atomic mass is 10.1. The quantitative estimate of drug-likeness (QED) is 0.728. The first-order chi connectivity index (χ1) is 11.1. The number of rotatable bonds is 2. The molecule has 1 saturated heterocycles. The van der Waals surface area contributed by atoms with Crippen molar-refractivity contribution in [1.29, 1.82) is 0 Å². The van der Waals surface area contributed by atoms with Crippen molar-refractivity contribution in [2.24, 2.45) is 7.05 Å². The Kier molecular flexibility index (Phi) is 3.18. The van der Waals surface area contributed by atoms with Crippen molar-refractivity contribution in [1.82, 2.24) is 9.55 Å². The first kappa shape index (κ1) is 14.0. The molecular formula is C19H19N3O. The predicted molar refractivity (Wildman–Crippen MR) is 91.6 cm³/mol. The lowest BCUT2D eigenvalue weighted by Crippen LogP contribution is -2.24. The highest BCUT2D eigenvalue weighted by Crippen LogP contribution is 2.32. The third-order valence-corrected chi connectivity index (χ3v) is 4.63. The molecule has 1 aliphatic rings. The van der Waals surface area contributed by atoms with Gasteiger partial charge in [0.25, 0.3) is 0 Å². The third kappa shape index (κ3) is 2.31. The molecule has 3 aromatic rings. The summed E-state index contributed by atoms with van der Waals surface area (Å²) in [5.74, 6) is 1.31. The zero-order chi connectivity index (χ0) is 16.0. The van der Waals surface area contributed by atoms with Gasteiger partial charge in [-0.15, -0.1) is 0 Å². The predicted octanol–water partition coefficient (Wildman–Crippen LogP) is 3.40. The van der Waals surface area contributed by atoms with Crippen LogP contribution in [0.3, 0.4) is 0 Å². The van der Waals surface area contributed by atoms with E-state index < -0.39 is 0 Å². The largest absolute Gasteiger partial charge is 0.331 e. The number of hydrogen-bond donors (Lipinski definition) is 0. The van der Waals surface area contributed by atoms with Crippen molar-refractivity contribution in [3.8, 4) is 0 Å². The second-order valence-corrected chi connectivity index (χ2v) is 6.26. The number of benzene rings is 2. The number of aromatic nitrogens is 2. The van der Waals surface area contributed by atoms with Crippen LogP contribution in [0.1, 0.15) is 23.7 Å². The minimum absolute atomic E-state index is 0.139. The van der Waals surface area contributed by atoms with Crippen LogP contribution in [0.2, 0.25) is 0 Å². The highest BCUT2D eigenvalue weighted by molar-refractivity contribution is 5.96. The average Bonchev–Trinajstić information content (AvgIpc) is 3.09. The fraction of sp³-hybridized carbons (Fsp3) is 0.263. The maximum Gasteiger partial charge on any atom is 0.227 e. The number of hydrogen-bond acceptors (Lipinski definition) is 2. The molecular weight excluding hydrogens is 286 g/mol. The molecule has 1 atom stereocenters. The normalized spacial score (nSPS) is 18.1. The molecule has 1 amide bonds. The maximum atomic E-state index is 12.5. The molecule has 4 heteroatoms. The van der Waals surface area contributed by atoms with Gasteiger partial charge in [-0.25, -0.2) is 4.98 Å². The van der Waals surface area contributed by atoms with E-state index >= 15 is 0 Å². The van der Waals surface area contributed by atoms with Crippen LogP contribution in [0.5, 0.6) is 0 Å². The van der Waals surface area contributed by atoms with Crippen LogP contribution in [0.25, 0.3) is 11.0 Å². The van der Waals surface area contributed by atoms with Crippen molar-refractivity contribution in [2.45, 2.75) is 19.3 Å². The van der Waals surface area contributed by atoms with E-state index in [1.54, 1.807) is 0 Å². The minimum Gasteiger partial charge on any atom is -0.331 e. The molecule has 0 radical (unpaired) electrons. The summed E-state index contributed by atoms with van der Waals surface area (Å²) in [6.45, 7) is 2.74. The number of para-hydroxylation sites is 2. The molecule has 23 heavy (non-hydrogen) atoms. The van der Waals surface area contributed by atoms with Gasteiger partial charge < -0.3 is 9.47 Å². The monoisotopic (exact) mass is 305 g/mol. The summed E-state index contributed by atoms with van der Waals surface area (Å²) in [6, 6.07) is 16.2. The summed E-state index contributed by atoms with van der Waals surface area (Å²) in [5.41, 5.74) is 4.26. The molecule has 2 aromatic carbocycles. The van der Waals surface area contributed by atoms with E-state index in [1.165, 1.54) is 5.56 Å². The number of carbonyl (C=O) groups excluding carboxylic acids is 1. The first-order valence-corrected chi connectivity index (χ1v) is 7.92. The summed E-state index contributed by atoms with van der Waals surface area (Å²) in [7, 11) is 2.03. The fourth-order valence-electron chi connectivity index (χ4n) is 3.46. The zero-order valence-corrected chi connectivity index (χ0v) is 13.4. The number of aryl methyl sites for hydroxylation is 2. The Bertz CT molecular complexity index is 897. The number of carbonyl (C=O) groups is 1. The molecule has 116 valence electrons. The smallest absolute Gasteiger partial charge is 0.227 e. The molecule has 4 nitrogen and oxygen atoms in total. The number of fused-ring (bicyclic) bond motifs is 1. The van der Waals surface area contributed by atoms with Crippen LogP contribution in [0, 0.1) is 6.92 Å². The lowest BCUT2D eigenvalue weighted by molar-refractivity contribution is -0.117. The number of anilines is 1. The summed E-state index contributed by atoms with van der Waals surface area (Å²) in [6.07, 6.45) is 0.519. The molecule has 1 aromatic heterocycles. The van der Waals surface area contributed by atoms with E-state index in [2.05, 4.69) is 16.7 Å². The van der Waals surface area contributed by atoms with Crippen molar-refractivity contribution in [3.05, 3.63) is 59.9 Å². The van der Waals surface area contributed by atoms with Gasteiger partial charge in [0.2, 0.25) is 5.91 Å². The van der Waals surface area contributed by atoms with E-state index in [9.17, 15) is 4.79 Å². The Morgan fingerprint density at radius 3 is 2.74 bits per heavy atom. The number of imidazole rings is 1. The summed E-state index contributed by atoms with van der Waals surface area (Å²) in [4.78, 5) is 19.1. The van der Waals surface area contributed by atoms with Gasteiger partial charge in [0.05, 0.1) is 11.0 Å². The van der Waals surface area contributed by atoms with Crippen LogP contribution < -0.4 is 4.90 Å². The van der Waals surface area contributed by atoms with Gasteiger partial charge in [-0.05, 0) is 36.8 Å². The molecule has 0 saturated carbocycles. The topological polar surface area (TPSA) is 38.1 Å². The Morgan fingerprint density at radius 1 is 1.13 bits per heavy atom. The van der Waals surface area contributed by atoms with E-state index in [4.69, 9.17) is 4.98 Å². The zero-order valence-electron chi connectivity index (χ0n) is 13.4. The van der Waals surface area contributed by atoms with E-state index in [1.807, 2.05) is 55.3 Å². The Morgan fingerprint density at radius 2 is 1.96 bits per heavy atom. The van der Waals surface area contributed by atoms with Crippen LogP contribution in [0.4, 0.5) is 5.69 Å². The van der Waals surface area contributed by atoms with Crippen LogP contribution >= 0.6 is 0 Å². The summed E-state index contributed by atoms with van der Waals surface area (Å²) in [5, 5.41) is 0. The Balaban J connectivity index is 1.69. The molecule has 4 rings (SSSR count). The molecule has 0 bridgehead atoms. The molecule has 0 spiro atoms. The van der Waals surface area contributed by atoms with Crippen LogP contribution in [-0.2, 0) is 11.8 Å². The fourth-order valence-corrected chi connectivity index (χ4v) is 3.46. The third-order valence-electron chi connectivity index (χ3n) is 4.63. The maximum absolute atomic E-state index is 12.5. The Hall–Kier alpha value is -2.62. The molecule has 0 N–H and O–H groups in total. The van der Waals surface area contributed by atoms with Gasteiger partial charge in [-0.3, -0.25) is 4.79 Å². The van der Waals surface area contributed by atoms with Crippen molar-refractivity contribution < 1.29 is 4.79 Å². The lowest BCUT2D eigenvalue weighted by Gasteiger charge is -2.17. The van der Waals surface area contributed by atoms with Gasteiger partial charge in [0.15, 0.2) is 0 Å².